The molecule has 8 nitrogen and oxygen atoms in total. The number of rotatable bonds is 7. The van der Waals surface area contributed by atoms with Gasteiger partial charge in [-0.05, 0) is 38.7 Å². The van der Waals surface area contributed by atoms with Crippen molar-refractivity contribution in [2.45, 2.75) is 58.5 Å². The average molecular weight is 439 g/mol. The number of nitrogens with zero attached hydrogens (tertiary/aromatic N) is 6. The molecule has 10 heteroatoms. The monoisotopic (exact) mass is 439 g/mol. The van der Waals surface area contributed by atoms with Gasteiger partial charge in [-0.3, -0.25) is 9.78 Å². The van der Waals surface area contributed by atoms with Crippen LogP contribution < -0.4 is 5.32 Å². The fourth-order valence-electron chi connectivity index (χ4n) is 3.75. The van der Waals surface area contributed by atoms with Crippen LogP contribution in [0.3, 0.4) is 0 Å². The van der Waals surface area contributed by atoms with Crippen LogP contribution in [0.5, 0.6) is 0 Å². The fraction of sp³-hybridized carbons (Fsp3) is 0.455. The number of amides is 1. The number of aryl methyl sites for hydroxylation is 1. The second-order valence-electron chi connectivity index (χ2n) is 8.35. The Kier molecular flexibility index (Phi) is 5.82. The van der Waals surface area contributed by atoms with Crippen molar-refractivity contribution in [2.75, 3.05) is 0 Å². The third-order valence-corrected chi connectivity index (χ3v) is 5.64. The number of halogens is 2. The van der Waals surface area contributed by atoms with Gasteiger partial charge in [-0.1, -0.05) is 12.8 Å². The van der Waals surface area contributed by atoms with Crippen molar-refractivity contribution in [2.24, 2.45) is 5.92 Å². The summed E-state index contributed by atoms with van der Waals surface area (Å²) in [7, 11) is 0. The summed E-state index contributed by atoms with van der Waals surface area (Å²) in [6.45, 7) is 5.84. The van der Waals surface area contributed by atoms with Gasteiger partial charge in [0.05, 0.1) is 24.0 Å². The van der Waals surface area contributed by atoms with Crippen molar-refractivity contribution in [3.63, 3.8) is 0 Å². The van der Waals surface area contributed by atoms with E-state index in [0.29, 0.717) is 34.9 Å². The van der Waals surface area contributed by atoms with Crippen molar-refractivity contribution < 1.29 is 13.6 Å². The summed E-state index contributed by atoms with van der Waals surface area (Å²) >= 11 is 0. The number of carbonyl (C=O) groups excluding carboxylic acids is 1. The summed E-state index contributed by atoms with van der Waals surface area (Å²) in [6, 6.07) is 1.72. The minimum absolute atomic E-state index is 0.0126. The molecule has 0 unspecified atom stereocenters. The lowest BCUT2D eigenvalue weighted by Crippen LogP contribution is -2.32. The molecule has 0 spiro atoms. The summed E-state index contributed by atoms with van der Waals surface area (Å²) in [5, 5.41) is 12.3. The van der Waals surface area contributed by atoms with Crippen LogP contribution in [-0.4, -0.2) is 30.4 Å². The standard InChI is InChI=1S/C22H23F2N7O/c1-11(2)31-20(30-18-12(3)14(7-25)8-28-21(18)31)15(6-13-4-5-13)29-22(32)17-10-26-16(9-27-17)19(23)24/h8-11,13,15,19H,4-6H2,1-3H3,(H,29,32)/t15-/m0/s1. The first-order valence-corrected chi connectivity index (χ1v) is 10.5. The van der Waals surface area contributed by atoms with Crippen LogP contribution in [0.1, 0.15) is 84.8 Å². The SMILES string of the molecule is Cc1c(C#N)cnc2c1nc([C@H](CC1CC1)NC(=O)c1cnc(C(F)F)cn1)n2C(C)C. The van der Waals surface area contributed by atoms with E-state index in [1.807, 2.05) is 25.3 Å². The molecule has 1 atom stereocenters. The predicted molar refractivity (Wildman–Crippen MR) is 112 cm³/mol. The molecule has 0 aliphatic heterocycles. The maximum Gasteiger partial charge on any atom is 0.281 e. The van der Waals surface area contributed by atoms with E-state index < -0.39 is 24.1 Å². The van der Waals surface area contributed by atoms with Gasteiger partial charge in [0, 0.05) is 12.2 Å². The maximum absolute atomic E-state index is 12.9. The molecule has 1 N–H and O–H groups in total. The first-order chi connectivity index (χ1) is 15.3. The zero-order valence-corrected chi connectivity index (χ0v) is 18.0. The molecule has 1 fully saturated rings. The highest BCUT2D eigenvalue weighted by atomic mass is 19.3. The van der Waals surface area contributed by atoms with Crippen molar-refractivity contribution in [3.8, 4) is 6.07 Å². The van der Waals surface area contributed by atoms with Gasteiger partial charge < -0.3 is 9.88 Å². The Morgan fingerprint density at radius 1 is 1.25 bits per heavy atom. The molecule has 0 radical (unpaired) electrons. The average Bonchev–Trinajstić information content (AvgIpc) is 3.49. The van der Waals surface area contributed by atoms with E-state index in [1.165, 1.54) is 6.20 Å². The molecule has 1 aliphatic rings. The summed E-state index contributed by atoms with van der Waals surface area (Å²) < 4.78 is 27.5. The molecule has 1 aliphatic carbocycles. The van der Waals surface area contributed by atoms with Gasteiger partial charge >= 0.3 is 0 Å². The van der Waals surface area contributed by atoms with Crippen LogP contribution >= 0.6 is 0 Å². The van der Waals surface area contributed by atoms with Gasteiger partial charge in [0.25, 0.3) is 12.3 Å². The smallest absolute Gasteiger partial charge is 0.281 e. The number of nitriles is 1. The number of hydrogen-bond donors (Lipinski definition) is 1. The highest BCUT2D eigenvalue weighted by molar-refractivity contribution is 5.92. The Labute approximate surface area is 183 Å². The largest absolute Gasteiger partial charge is 0.341 e. The van der Waals surface area contributed by atoms with Crippen LogP contribution in [0.25, 0.3) is 11.2 Å². The van der Waals surface area contributed by atoms with Crippen molar-refractivity contribution in [1.29, 1.82) is 5.26 Å². The zero-order valence-electron chi connectivity index (χ0n) is 18.0. The first-order valence-electron chi connectivity index (χ1n) is 10.5. The van der Waals surface area contributed by atoms with Gasteiger partial charge in [-0.2, -0.15) is 5.26 Å². The Bertz CT molecular complexity index is 1190. The van der Waals surface area contributed by atoms with Crippen LogP contribution in [0, 0.1) is 24.2 Å². The van der Waals surface area contributed by atoms with Crippen LogP contribution in [0.2, 0.25) is 0 Å². The number of carbonyl (C=O) groups is 1. The van der Waals surface area contributed by atoms with E-state index in [9.17, 15) is 18.8 Å². The number of hydrogen-bond acceptors (Lipinski definition) is 6. The lowest BCUT2D eigenvalue weighted by atomic mass is 10.1. The van der Waals surface area contributed by atoms with Gasteiger partial charge in [-0.25, -0.2) is 23.7 Å². The van der Waals surface area contributed by atoms with Gasteiger partial charge in [-0.15, -0.1) is 0 Å². The van der Waals surface area contributed by atoms with Gasteiger partial charge in [0.15, 0.2) is 5.65 Å². The van der Waals surface area contributed by atoms with Gasteiger partial charge in [0.2, 0.25) is 0 Å². The summed E-state index contributed by atoms with van der Waals surface area (Å²) in [5.41, 5.74) is 1.96. The summed E-state index contributed by atoms with van der Waals surface area (Å²) in [6.07, 6.45) is 3.60. The van der Waals surface area contributed by atoms with E-state index >= 15 is 0 Å². The summed E-state index contributed by atoms with van der Waals surface area (Å²) in [5.74, 6) is 0.614. The Morgan fingerprint density at radius 3 is 2.56 bits per heavy atom. The summed E-state index contributed by atoms with van der Waals surface area (Å²) in [4.78, 5) is 29.6. The molecule has 1 amide bonds. The molecule has 1 saturated carbocycles. The molecular formula is C22H23F2N7O. The lowest BCUT2D eigenvalue weighted by molar-refractivity contribution is 0.0923. The fourth-order valence-corrected chi connectivity index (χ4v) is 3.75. The minimum Gasteiger partial charge on any atom is -0.341 e. The van der Waals surface area contributed by atoms with Gasteiger partial charge in [0.1, 0.15) is 28.8 Å². The highest BCUT2D eigenvalue weighted by Gasteiger charge is 2.32. The van der Waals surface area contributed by atoms with Crippen LogP contribution in [-0.2, 0) is 0 Å². The molecule has 3 aromatic rings. The van der Waals surface area contributed by atoms with Crippen molar-refractivity contribution in [1.82, 2.24) is 29.8 Å². The Hall–Kier alpha value is -3.48. The van der Waals surface area contributed by atoms with E-state index in [-0.39, 0.29) is 11.7 Å². The van der Waals surface area contributed by atoms with E-state index in [0.717, 1.165) is 30.8 Å². The number of fused-ring (bicyclic) bond motifs is 1. The van der Waals surface area contributed by atoms with E-state index in [2.05, 4.69) is 26.3 Å². The van der Waals surface area contributed by atoms with E-state index in [4.69, 9.17) is 4.98 Å². The second kappa shape index (κ2) is 8.57. The third-order valence-electron chi connectivity index (χ3n) is 5.64. The molecule has 3 heterocycles. The molecule has 4 rings (SSSR count). The predicted octanol–water partition coefficient (Wildman–Crippen LogP) is 4.19. The third kappa shape index (κ3) is 4.15. The molecule has 0 aromatic carbocycles. The molecule has 0 bridgehead atoms. The van der Waals surface area contributed by atoms with Crippen LogP contribution in [0.4, 0.5) is 8.78 Å². The van der Waals surface area contributed by atoms with Crippen molar-refractivity contribution >= 4 is 17.1 Å². The molecule has 0 saturated heterocycles. The molecule has 3 aromatic heterocycles. The number of nitrogens with one attached hydrogen (secondary N) is 1. The lowest BCUT2D eigenvalue weighted by Gasteiger charge is -2.21. The van der Waals surface area contributed by atoms with Crippen molar-refractivity contribution in [3.05, 3.63) is 46.9 Å². The Balaban J connectivity index is 1.73. The number of alkyl halides is 2. The topological polar surface area (TPSA) is 109 Å². The molecule has 166 valence electrons. The van der Waals surface area contributed by atoms with E-state index in [1.54, 1.807) is 0 Å². The molecular weight excluding hydrogens is 416 g/mol. The quantitative estimate of drug-likeness (QED) is 0.591. The number of pyridine rings is 1. The molecule has 32 heavy (non-hydrogen) atoms. The number of aromatic nitrogens is 5. The number of imidazole rings is 1. The second-order valence-corrected chi connectivity index (χ2v) is 8.35. The highest BCUT2D eigenvalue weighted by Crippen LogP contribution is 2.39. The minimum atomic E-state index is -2.75. The zero-order chi connectivity index (χ0) is 23.0. The maximum atomic E-state index is 12.9. The normalized spacial score (nSPS) is 14.7. The Morgan fingerprint density at radius 2 is 2.00 bits per heavy atom. The van der Waals surface area contributed by atoms with Crippen LogP contribution in [0.15, 0.2) is 18.6 Å². The first kappa shape index (κ1) is 21.7.